The van der Waals surface area contributed by atoms with Crippen LogP contribution in [0, 0.1) is 0 Å². The highest BCUT2D eigenvalue weighted by molar-refractivity contribution is 5.95. The van der Waals surface area contributed by atoms with E-state index in [-0.39, 0.29) is 5.78 Å². The first-order chi connectivity index (χ1) is 6.49. The minimum absolute atomic E-state index is 0.0364. The first kappa shape index (κ1) is 10.9. The molecule has 1 rings (SSSR count). The Bertz CT molecular complexity index is 342. The van der Waals surface area contributed by atoms with E-state index < -0.39 is 5.60 Å². The highest BCUT2D eigenvalue weighted by Crippen LogP contribution is 2.26. The molecule has 1 N–H and O–H groups in total. The third kappa shape index (κ3) is 2.00. The largest absolute Gasteiger partial charge is 0.294 e. The smallest absolute Gasteiger partial charge is 0.160 e. The molecule has 0 unspecified atom stereocenters. The number of carbonyl (C=O) groups excluding carboxylic acids is 1. The zero-order valence-corrected chi connectivity index (χ0v) is 8.57. The Kier molecular flexibility index (Phi) is 3.03. The number of hydrogen-bond donors (Lipinski definition) is 1. The summed E-state index contributed by atoms with van der Waals surface area (Å²) >= 11 is 0. The van der Waals surface area contributed by atoms with Crippen LogP contribution in [0.25, 0.3) is 0 Å². The van der Waals surface area contributed by atoms with E-state index in [2.05, 4.69) is 4.89 Å². The Balaban J connectivity index is 3.27. The first-order valence-corrected chi connectivity index (χ1v) is 4.42. The number of hydrogen-bond acceptors (Lipinski definition) is 3. The topological polar surface area (TPSA) is 46.5 Å². The summed E-state index contributed by atoms with van der Waals surface area (Å²) < 4.78 is 0. The normalized spacial score (nSPS) is 11.4. The van der Waals surface area contributed by atoms with Crippen molar-refractivity contribution >= 4 is 5.78 Å². The summed E-state index contributed by atoms with van der Waals surface area (Å²) in [6.45, 7) is 4.90. The third-order valence-corrected chi connectivity index (χ3v) is 2.18. The molecule has 76 valence electrons. The zero-order chi connectivity index (χ0) is 10.8. The van der Waals surface area contributed by atoms with Gasteiger partial charge in [-0.3, -0.25) is 10.1 Å². The molecule has 0 heterocycles. The first-order valence-electron chi connectivity index (χ1n) is 4.42. The van der Waals surface area contributed by atoms with Crippen LogP contribution in [0.1, 0.15) is 36.7 Å². The SMILES string of the molecule is CC(=O)c1ccccc1C(C)(C)OO. The van der Waals surface area contributed by atoms with Crippen molar-refractivity contribution in [2.75, 3.05) is 0 Å². The van der Waals surface area contributed by atoms with Crippen LogP contribution in [-0.4, -0.2) is 11.0 Å². The van der Waals surface area contributed by atoms with Gasteiger partial charge in [-0.05, 0) is 26.3 Å². The molecule has 0 saturated carbocycles. The Morgan fingerprint density at radius 3 is 2.43 bits per heavy atom. The summed E-state index contributed by atoms with van der Waals surface area (Å²) in [6, 6.07) is 7.08. The van der Waals surface area contributed by atoms with Crippen LogP contribution in [0.5, 0.6) is 0 Å². The predicted molar refractivity (Wildman–Crippen MR) is 53.2 cm³/mol. The van der Waals surface area contributed by atoms with Crippen molar-refractivity contribution in [2.24, 2.45) is 0 Å². The molecular weight excluding hydrogens is 180 g/mol. The van der Waals surface area contributed by atoms with Gasteiger partial charge in [-0.2, -0.15) is 0 Å². The van der Waals surface area contributed by atoms with Crippen molar-refractivity contribution < 1.29 is 14.9 Å². The van der Waals surface area contributed by atoms with Crippen LogP contribution in [0.2, 0.25) is 0 Å². The Hall–Kier alpha value is -1.19. The minimum Gasteiger partial charge on any atom is -0.294 e. The molecule has 0 aliphatic rings. The molecule has 1 aromatic rings. The maximum absolute atomic E-state index is 11.3. The van der Waals surface area contributed by atoms with Crippen molar-refractivity contribution in [3.63, 3.8) is 0 Å². The fraction of sp³-hybridized carbons (Fsp3) is 0.364. The molecule has 0 amide bonds. The van der Waals surface area contributed by atoms with Crippen molar-refractivity contribution in [2.45, 2.75) is 26.4 Å². The molecule has 3 nitrogen and oxygen atoms in total. The lowest BCUT2D eigenvalue weighted by atomic mass is 9.91. The van der Waals surface area contributed by atoms with E-state index in [0.29, 0.717) is 11.1 Å². The molecule has 3 heteroatoms. The molecule has 0 spiro atoms. The Morgan fingerprint density at radius 1 is 1.36 bits per heavy atom. The van der Waals surface area contributed by atoms with Crippen LogP contribution in [-0.2, 0) is 10.5 Å². The average Bonchev–Trinajstić information content (AvgIpc) is 2.18. The molecule has 0 aliphatic heterocycles. The molecule has 0 aliphatic carbocycles. The number of rotatable bonds is 3. The summed E-state index contributed by atoms with van der Waals surface area (Å²) in [4.78, 5) is 15.7. The lowest BCUT2D eigenvalue weighted by Crippen LogP contribution is -2.22. The second-order valence-corrected chi connectivity index (χ2v) is 3.70. The molecule has 0 fully saturated rings. The summed E-state index contributed by atoms with van der Waals surface area (Å²) in [5.41, 5.74) is 0.406. The molecule has 0 saturated heterocycles. The van der Waals surface area contributed by atoms with E-state index in [4.69, 9.17) is 5.26 Å². The molecule has 0 radical (unpaired) electrons. The fourth-order valence-corrected chi connectivity index (χ4v) is 1.36. The van der Waals surface area contributed by atoms with Gasteiger partial charge < -0.3 is 0 Å². The quantitative estimate of drug-likeness (QED) is 0.457. The van der Waals surface area contributed by atoms with Gasteiger partial charge in [0.25, 0.3) is 0 Å². The molecule has 1 aromatic carbocycles. The van der Waals surface area contributed by atoms with E-state index in [1.807, 2.05) is 6.07 Å². The van der Waals surface area contributed by atoms with Crippen molar-refractivity contribution in [3.8, 4) is 0 Å². The molecule has 0 bridgehead atoms. The average molecular weight is 194 g/mol. The Labute approximate surface area is 83.3 Å². The molecule has 0 atom stereocenters. The summed E-state index contributed by atoms with van der Waals surface area (Å²) in [5, 5.41) is 8.74. The lowest BCUT2D eigenvalue weighted by molar-refractivity contribution is -0.318. The standard InChI is InChI=1S/C11H14O3/c1-8(12)9-6-4-5-7-10(9)11(2,3)14-13/h4-7,13H,1-3H3. The summed E-state index contributed by atoms with van der Waals surface area (Å²) in [7, 11) is 0. The van der Waals surface area contributed by atoms with Crippen molar-refractivity contribution in [1.29, 1.82) is 0 Å². The van der Waals surface area contributed by atoms with Crippen LogP contribution in [0.3, 0.4) is 0 Å². The number of Topliss-reactive ketones (excluding diaryl/α,β-unsaturated/α-hetero) is 1. The van der Waals surface area contributed by atoms with E-state index in [1.165, 1.54) is 6.92 Å². The van der Waals surface area contributed by atoms with Gasteiger partial charge in [-0.25, -0.2) is 4.89 Å². The second-order valence-electron chi connectivity index (χ2n) is 3.70. The highest BCUT2D eigenvalue weighted by Gasteiger charge is 2.25. The molecular formula is C11H14O3. The van der Waals surface area contributed by atoms with Crippen LogP contribution in [0.15, 0.2) is 24.3 Å². The van der Waals surface area contributed by atoms with Gasteiger partial charge in [0.05, 0.1) is 0 Å². The zero-order valence-electron chi connectivity index (χ0n) is 8.57. The van der Waals surface area contributed by atoms with Crippen molar-refractivity contribution in [3.05, 3.63) is 35.4 Å². The molecule has 14 heavy (non-hydrogen) atoms. The van der Waals surface area contributed by atoms with Crippen molar-refractivity contribution in [1.82, 2.24) is 0 Å². The maximum atomic E-state index is 11.3. The fourth-order valence-electron chi connectivity index (χ4n) is 1.36. The number of ketones is 1. The second kappa shape index (κ2) is 3.90. The lowest BCUT2D eigenvalue weighted by Gasteiger charge is -2.23. The van der Waals surface area contributed by atoms with Gasteiger partial charge in [0.1, 0.15) is 5.60 Å². The van der Waals surface area contributed by atoms with E-state index in [1.54, 1.807) is 32.0 Å². The third-order valence-electron chi connectivity index (χ3n) is 2.18. The maximum Gasteiger partial charge on any atom is 0.160 e. The molecule has 0 aromatic heterocycles. The van der Waals surface area contributed by atoms with Gasteiger partial charge in [-0.15, -0.1) is 0 Å². The number of carbonyl (C=O) groups is 1. The number of benzene rings is 1. The van der Waals surface area contributed by atoms with Gasteiger partial charge in [0.15, 0.2) is 5.78 Å². The minimum atomic E-state index is -0.859. The van der Waals surface area contributed by atoms with Gasteiger partial charge in [0, 0.05) is 5.56 Å². The van der Waals surface area contributed by atoms with E-state index in [9.17, 15) is 4.79 Å². The van der Waals surface area contributed by atoms with Crippen LogP contribution >= 0.6 is 0 Å². The monoisotopic (exact) mass is 194 g/mol. The predicted octanol–water partition coefficient (Wildman–Crippen LogP) is 2.61. The summed E-state index contributed by atoms with van der Waals surface area (Å²) in [6.07, 6.45) is 0. The summed E-state index contributed by atoms with van der Waals surface area (Å²) in [5.74, 6) is -0.0364. The van der Waals surface area contributed by atoms with Gasteiger partial charge in [0.2, 0.25) is 0 Å². The van der Waals surface area contributed by atoms with Gasteiger partial charge >= 0.3 is 0 Å². The highest BCUT2D eigenvalue weighted by atomic mass is 17.1. The Morgan fingerprint density at radius 2 is 1.93 bits per heavy atom. The van der Waals surface area contributed by atoms with E-state index >= 15 is 0 Å². The van der Waals surface area contributed by atoms with E-state index in [0.717, 1.165) is 0 Å². The van der Waals surface area contributed by atoms with Gasteiger partial charge in [-0.1, -0.05) is 24.3 Å². The van der Waals surface area contributed by atoms with Crippen LogP contribution < -0.4 is 0 Å². The van der Waals surface area contributed by atoms with Crippen LogP contribution in [0.4, 0.5) is 0 Å².